The fourth-order valence-electron chi connectivity index (χ4n) is 4.32. The summed E-state index contributed by atoms with van der Waals surface area (Å²) < 4.78 is 53.3. The first-order valence-corrected chi connectivity index (χ1v) is 11.8. The first kappa shape index (κ1) is 25.2. The number of aliphatic hydroxyl groups is 1. The summed E-state index contributed by atoms with van der Waals surface area (Å²) in [4.78, 5) is 6.23. The summed E-state index contributed by atoms with van der Waals surface area (Å²) in [6.07, 6.45) is -4.22. The maximum absolute atomic E-state index is 15.3. The van der Waals surface area contributed by atoms with Crippen LogP contribution in [0.4, 0.5) is 18.9 Å². The Balaban J connectivity index is 1.63. The van der Waals surface area contributed by atoms with E-state index in [9.17, 15) is 13.9 Å². The zero-order valence-corrected chi connectivity index (χ0v) is 20.4. The molecular formula is C26H22ClF3N4O3. The molecule has 7 nitrogen and oxygen atoms in total. The first-order valence-electron chi connectivity index (χ1n) is 11.5. The van der Waals surface area contributed by atoms with Crippen LogP contribution in [0.1, 0.15) is 29.5 Å². The van der Waals surface area contributed by atoms with E-state index in [1.54, 1.807) is 12.1 Å². The average Bonchev–Trinajstić information content (AvgIpc) is 2.92. The van der Waals surface area contributed by atoms with E-state index in [0.29, 0.717) is 37.2 Å². The molecule has 4 aromatic rings. The molecule has 1 unspecified atom stereocenters. The summed E-state index contributed by atoms with van der Waals surface area (Å²) in [6, 6.07) is 11.9. The lowest BCUT2D eigenvalue weighted by Gasteiger charge is -2.29. The Bertz CT molecular complexity index is 1430. The number of anilines is 1. The van der Waals surface area contributed by atoms with Crippen molar-refractivity contribution < 1.29 is 27.8 Å². The summed E-state index contributed by atoms with van der Waals surface area (Å²) in [7, 11) is 1.43. The Kier molecular flexibility index (Phi) is 7.14. The Hall–Kier alpha value is -3.47. The van der Waals surface area contributed by atoms with Crippen LogP contribution in [0, 0.1) is 5.82 Å². The zero-order chi connectivity index (χ0) is 26.1. The number of methoxy groups -OCH3 is 1. The lowest BCUT2D eigenvalue weighted by molar-refractivity contribution is 0.122. The molecule has 0 aliphatic carbocycles. The molecule has 0 spiro atoms. The van der Waals surface area contributed by atoms with E-state index < -0.39 is 24.0 Å². The minimum atomic E-state index is -2.87. The van der Waals surface area contributed by atoms with Crippen molar-refractivity contribution in [1.29, 1.82) is 0 Å². The standard InChI is InChI=1S/C26H22ClF3N4O3/c1-36-24-5-4-21(32-33-24)25(35)18-11-17(20(28)13-19(18)27)16-12-23(26(29)30)31-22-10-14(2-3-15(16)22)34-6-8-37-9-7-34/h2-5,10-13,25-26,35H,6-9H2,1H3. The number of rotatable bonds is 6. The quantitative estimate of drug-likeness (QED) is 0.360. The lowest BCUT2D eigenvalue weighted by atomic mass is 9.95. The zero-order valence-electron chi connectivity index (χ0n) is 19.7. The van der Waals surface area contributed by atoms with Gasteiger partial charge >= 0.3 is 0 Å². The molecule has 1 N–H and O–H groups in total. The number of fused-ring (bicyclic) bond motifs is 1. The molecule has 5 rings (SSSR count). The second-order valence-corrected chi connectivity index (χ2v) is 8.86. The molecule has 1 aliphatic heterocycles. The molecule has 3 heterocycles. The third-order valence-corrected chi connectivity index (χ3v) is 6.56. The highest BCUT2D eigenvalue weighted by molar-refractivity contribution is 6.31. The van der Waals surface area contributed by atoms with E-state index in [1.165, 1.54) is 25.3 Å². The first-order chi connectivity index (χ1) is 17.9. The van der Waals surface area contributed by atoms with Gasteiger partial charge in [0.25, 0.3) is 6.43 Å². The van der Waals surface area contributed by atoms with Crippen molar-refractivity contribution in [2.75, 3.05) is 38.3 Å². The van der Waals surface area contributed by atoms with Gasteiger partial charge in [-0.15, -0.1) is 10.2 Å². The summed E-state index contributed by atoms with van der Waals surface area (Å²) in [5.41, 5.74) is 1.12. The van der Waals surface area contributed by atoms with Gasteiger partial charge in [0.1, 0.15) is 17.6 Å². The van der Waals surface area contributed by atoms with Crippen LogP contribution >= 0.6 is 11.6 Å². The summed E-state index contributed by atoms with van der Waals surface area (Å²) in [6.45, 7) is 2.45. The fraction of sp³-hybridized carbons (Fsp3) is 0.269. The molecule has 2 aromatic carbocycles. The molecule has 1 fully saturated rings. The predicted octanol–water partition coefficient (Wildman–Crippen LogP) is 5.35. The summed E-state index contributed by atoms with van der Waals surface area (Å²) in [5.74, 6) is -0.479. The van der Waals surface area contributed by atoms with Crippen LogP contribution in [0.5, 0.6) is 5.88 Å². The van der Waals surface area contributed by atoms with Crippen molar-refractivity contribution in [1.82, 2.24) is 15.2 Å². The highest BCUT2D eigenvalue weighted by atomic mass is 35.5. The number of aliphatic hydroxyl groups excluding tert-OH is 1. The van der Waals surface area contributed by atoms with Gasteiger partial charge in [-0.2, -0.15) is 0 Å². The minimum absolute atomic E-state index is 0.00616. The van der Waals surface area contributed by atoms with E-state index in [0.717, 1.165) is 17.8 Å². The van der Waals surface area contributed by atoms with Crippen molar-refractivity contribution in [2.24, 2.45) is 0 Å². The second-order valence-electron chi connectivity index (χ2n) is 8.45. The molecule has 1 saturated heterocycles. The Morgan fingerprint density at radius 3 is 2.46 bits per heavy atom. The number of hydrogen-bond acceptors (Lipinski definition) is 7. The predicted molar refractivity (Wildman–Crippen MR) is 133 cm³/mol. The minimum Gasteiger partial charge on any atom is -0.480 e. The smallest absolute Gasteiger partial charge is 0.280 e. The average molecular weight is 531 g/mol. The van der Waals surface area contributed by atoms with E-state index in [4.69, 9.17) is 21.1 Å². The number of alkyl halides is 2. The lowest BCUT2D eigenvalue weighted by Crippen LogP contribution is -2.36. The molecule has 1 atom stereocenters. The Morgan fingerprint density at radius 1 is 1.00 bits per heavy atom. The largest absolute Gasteiger partial charge is 0.480 e. The van der Waals surface area contributed by atoms with Gasteiger partial charge in [0.05, 0.1) is 31.5 Å². The normalized spacial score (nSPS) is 14.8. The van der Waals surface area contributed by atoms with Gasteiger partial charge in [-0.1, -0.05) is 17.7 Å². The van der Waals surface area contributed by atoms with E-state index in [1.807, 2.05) is 6.07 Å². The van der Waals surface area contributed by atoms with Crippen LogP contribution in [-0.4, -0.2) is 53.7 Å². The fourth-order valence-corrected chi connectivity index (χ4v) is 4.57. The third-order valence-electron chi connectivity index (χ3n) is 6.23. The summed E-state index contributed by atoms with van der Waals surface area (Å²) in [5, 5.41) is 19.1. The van der Waals surface area contributed by atoms with Gasteiger partial charge in [-0.3, -0.25) is 0 Å². The van der Waals surface area contributed by atoms with Gasteiger partial charge in [-0.05, 0) is 42.0 Å². The third kappa shape index (κ3) is 5.04. The topological polar surface area (TPSA) is 80.6 Å². The molecule has 0 bridgehead atoms. The number of halogens is 4. The molecule has 0 saturated carbocycles. The van der Waals surface area contributed by atoms with E-state index >= 15 is 4.39 Å². The molecular weight excluding hydrogens is 509 g/mol. The SMILES string of the molecule is COc1ccc(C(O)c2cc(-c3cc(C(F)F)nc4cc(N5CCOCC5)ccc34)c(F)cc2Cl)nn1. The molecule has 0 amide bonds. The van der Waals surface area contributed by atoms with Gasteiger partial charge in [-0.25, -0.2) is 18.2 Å². The van der Waals surface area contributed by atoms with Crippen LogP contribution in [0.25, 0.3) is 22.0 Å². The summed E-state index contributed by atoms with van der Waals surface area (Å²) >= 11 is 6.28. The molecule has 2 aromatic heterocycles. The Morgan fingerprint density at radius 2 is 1.78 bits per heavy atom. The van der Waals surface area contributed by atoms with Crippen molar-refractivity contribution in [3.05, 3.63) is 76.3 Å². The molecule has 0 radical (unpaired) electrons. The van der Waals surface area contributed by atoms with Crippen LogP contribution in [-0.2, 0) is 4.74 Å². The van der Waals surface area contributed by atoms with Crippen molar-refractivity contribution in [2.45, 2.75) is 12.5 Å². The maximum atomic E-state index is 15.3. The van der Waals surface area contributed by atoms with E-state index in [-0.39, 0.29) is 33.3 Å². The highest BCUT2D eigenvalue weighted by Gasteiger charge is 2.23. The van der Waals surface area contributed by atoms with Gasteiger partial charge < -0.3 is 19.5 Å². The van der Waals surface area contributed by atoms with Crippen molar-refractivity contribution >= 4 is 28.2 Å². The number of morpholine rings is 1. The monoisotopic (exact) mass is 530 g/mol. The van der Waals surface area contributed by atoms with Crippen molar-refractivity contribution in [3.8, 4) is 17.0 Å². The van der Waals surface area contributed by atoms with Crippen LogP contribution in [0.2, 0.25) is 5.02 Å². The maximum Gasteiger partial charge on any atom is 0.280 e. The van der Waals surface area contributed by atoms with Crippen LogP contribution < -0.4 is 9.64 Å². The molecule has 37 heavy (non-hydrogen) atoms. The number of ether oxygens (including phenoxy) is 2. The number of benzene rings is 2. The number of aromatic nitrogens is 3. The number of pyridine rings is 1. The van der Waals surface area contributed by atoms with Crippen LogP contribution in [0.15, 0.2) is 48.5 Å². The van der Waals surface area contributed by atoms with Gasteiger partial charge in [0.15, 0.2) is 0 Å². The highest BCUT2D eigenvalue weighted by Crippen LogP contribution is 2.38. The molecule has 1 aliphatic rings. The Labute approximate surface area is 215 Å². The van der Waals surface area contributed by atoms with Crippen LogP contribution in [0.3, 0.4) is 0 Å². The molecule has 11 heteroatoms. The van der Waals surface area contributed by atoms with Gasteiger partial charge in [0, 0.05) is 46.4 Å². The number of nitrogens with zero attached hydrogens (tertiary/aromatic N) is 4. The molecule has 192 valence electrons. The van der Waals surface area contributed by atoms with Gasteiger partial charge in [0.2, 0.25) is 5.88 Å². The second kappa shape index (κ2) is 10.5. The number of hydrogen-bond donors (Lipinski definition) is 1. The van der Waals surface area contributed by atoms with E-state index in [2.05, 4.69) is 20.1 Å². The van der Waals surface area contributed by atoms with Crippen molar-refractivity contribution in [3.63, 3.8) is 0 Å².